The number of hydrogen-bond donors (Lipinski definition) is 2. The Labute approximate surface area is 93.6 Å². The Bertz CT molecular complexity index is 530. The minimum atomic E-state index is 0.0755. The Morgan fingerprint density at radius 1 is 1.31 bits per heavy atom. The first kappa shape index (κ1) is 8.53. The van der Waals surface area contributed by atoms with Crippen LogP contribution >= 0.6 is 0 Å². The van der Waals surface area contributed by atoms with E-state index in [-0.39, 0.29) is 5.91 Å². The number of carbonyl (C=O) groups excluding carboxylic acids is 1. The van der Waals surface area contributed by atoms with Gasteiger partial charge in [0.1, 0.15) is 0 Å². The highest BCUT2D eigenvalue weighted by Gasteiger charge is 2.36. The minimum Gasteiger partial charge on any atom is -0.347 e. The van der Waals surface area contributed by atoms with E-state index in [1.165, 1.54) is 16.7 Å². The van der Waals surface area contributed by atoms with Crippen molar-refractivity contribution in [2.24, 2.45) is 0 Å². The monoisotopic (exact) mass is 212 g/mol. The van der Waals surface area contributed by atoms with Gasteiger partial charge in [0.15, 0.2) is 0 Å². The summed E-state index contributed by atoms with van der Waals surface area (Å²) in [5.74, 6) is 0.0755. The quantitative estimate of drug-likeness (QED) is 0.703. The highest BCUT2D eigenvalue weighted by atomic mass is 16.1. The molecule has 0 aromatic carbocycles. The number of rotatable bonds is 2. The van der Waals surface area contributed by atoms with Gasteiger partial charge in [0.2, 0.25) is 0 Å². The molecule has 1 amide bonds. The summed E-state index contributed by atoms with van der Waals surface area (Å²) in [7, 11) is 0. The van der Waals surface area contributed by atoms with Gasteiger partial charge in [-0.1, -0.05) is 6.08 Å². The SMILES string of the molecule is O=C(NC1CNC1)C1=C2C=C3CC3=C2C=C1. The molecule has 4 aliphatic rings. The normalized spacial score (nSPS) is 25.4. The van der Waals surface area contributed by atoms with Gasteiger partial charge in [0, 0.05) is 18.7 Å². The van der Waals surface area contributed by atoms with Gasteiger partial charge in [0.05, 0.1) is 6.04 Å². The second-order valence-corrected chi connectivity index (χ2v) is 4.73. The first-order chi connectivity index (χ1) is 7.83. The van der Waals surface area contributed by atoms with Crippen LogP contribution in [0.4, 0.5) is 0 Å². The van der Waals surface area contributed by atoms with E-state index in [1.54, 1.807) is 0 Å². The summed E-state index contributed by atoms with van der Waals surface area (Å²) in [6.45, 7) is 1.79. The lowest BCUT2D eigenvalue weighted by Gasteiger charge is -2.28. The fourth-order valence-corrected chi connectivity index (χ4v) is 2.49. The maximum absolute atomic E-state index is 12.0. The van der Waals surface area contributed by atoms with Crippen molar-refractivity contribution in [2.75, 3.05) is 13.1 Å². The van der Waals surface area contributed by atoms with Crippen LogP contribution in [0.3, 0.4) is 0 Å². The van der Waals surface area contributed by atoms with E-state index in [4.69, 9.17) is 0 Å². The Hall–Kier alpha value is -1.61. The van der Waals surface area contributed by atoms with Crippen molar-refractivity contribution in [3.63, 3.8) is 0 Å². The molecule has 2 N–H and O–H groups in total. The zero-order valence-electron chi connectivity index (χ0n) is 8.84. The van der Waals surface area contributed by atoms with E-state index in [9.17, 15) is 4.79 Å². The molecule has 2 fully saturated rings. The largest absolute Gasteiger partial charge is 0.347 e. The maximum atomic E-state index is 12.0. The van der Waals surface area contributed by atoms with Crippen molar-refractivity contribution in [3.05, 3.63) is 46.1 Å². The van der Waals surface area contributed by atoms with Gasteiger partial charge in [-0.2, -0.15) is 0 Å². The molecule has 0 aromatic rings. The summed E-state index contributed by atoms with van der Waals surface area (Å²) in [6.07, 6.45) is 7.32. The number of amides is 1. The van der Waals surface area contributed by atoms with Gasteiger partial charge in [-0.15, -0.1) is 0 Å². The zero-order valence-corrected chi connectivity index (χ0v) is 8.84. The summed E-state index contributed by atoms with van der Waals surface area (Å²) in [4.78, 5) is 12.0. The van der Waals surface area contributed by atoms with E-state index in [0.29, 0.717) is 6.04 Å². The molecular weight excluding hydrogens is 200 g/mol. The third-order valence-electron chi connectivity index (χ3n) is 3.63. The molecule has 1 heterocycles. The lowest BCUT2D eigenvalue weighted by atomic mass is 10.1. The van der Waals surface area contributed by atoms with E-state index in [1.807, 2.05) is 6.08 Å². The van der Waals surface area contributed by atoms with Crippen LogP contribution in [0.2, 0.25) is 0 Å². The molecule has 1 saturated heterocycles. The van der Waals surface area contributed by atoms with Crippen molar-refractivity contribution in [1.82, 2.24) is 10.6 Å². The summed E-state index contributed by atoms with van der Waals surface area (Å²) in [6, 6.07) is 0.314. The predicted molar refractivity (Wildman–Crippen MR) is 60.7 cm³/mol. The maximum Gasteiger partial charge on any atom is 0.252 e. The first-order valence-electron chi connectivity index (χ1n) is 5.71. The van der Waals surface area contributed by atoms with Crippen LogP contribution in [0.1, 0.15) is 6.42 Å². The van der Waals surface area contributed by atoms with Crippen molar-refractivity contribution in [2.45, 2.75) is 12.5 Å². The van der Waals surface area contributed by atoms with Crippen molar-refractivity contribution >= 4 is 5.91 Å². The molecule has 3 heteroatoms. The van der Waals surface area contributed by atoms with Gasteiger partial charge in [-0.25, -0.2) is 0 Å². The molecule has 1 saturated carbocycles. The zero-order chi connectivity index (χ0) is 10.7. The van der Waals surface area contributed by atoms with Gasteiger partial charge >= 0.3 is 0 Å². The number of carbonyl (C=O) groups is 1. The van der Waals surface area contributed by atoms with Gasteiger partial charge in [0.25, 0.3) is 5.91 Å². The standard InChI is InChI=1S/C13H12N2O/c16-13(15-8-5-14-6-8)10-2-1-9-11-3-7(11)4-12(9)10/h1-2,4,8,14H,3,5-6H2,(H,15,16). The molecule has 0 atom stereocenters. The highest BCUT2D eigenvalue weighted by Crippen LogP contribution is 2.51. The summed E-state index contributed by atoms with van der Waals surface area (Å²) in [5.41, 5.74) is 6.13. The molecule has 0 aromatic heterocycles. The van der Waals surface area contributed by atoms with Crippen LogP contribution < -0.4 is 10.6 Å². The Balaban J connectivity index is 1.62. The third-order valence-corrected chi connectivity index (χ3v) is 3.63. The molecule has 3 aliphatic carbocycles. The minimum absolute atomic E-state index is 0.0755. The molecule has 0 radical (unpaired) electrons. The molecule has 0 bridgehead atoms. The second-order valence-electron chi connectivity index (χ2n) is 4.73. The summed E-state index contributed by atoms with van der Waals surface area (Å²) in [5, 5.41) is 6.19. The smallest absolute Gasteiger partial charge is 0.252 e. The van der Waals surface area contributed by atoms with Crippen LogP contribution in [-0.2, 0) is 4.79 Å². The second kappa shape index (κ2) is 2.74. The van der Waals surface area contributed by atoms with E-state index < -0.39 is 0 Å². The topological polar surface area (TPSA) is 41.1 Å². The molecular formula is C13H12N2O. The number of nitrogens with one attached hydrogen (secondary N) is 2. The fraction of sp³-hybridized carbons (Fsp3) is 0.308. The van der Waals surface area contributed by atoms with Crippen LogP contribution in [0.25, 0.3) is 0 Å². The molecule has 16 heavy (non-hydrogen) atoms. The molecule has 1 aliphatic heterocycles. The third kappa shape index (κ3) is 1.04. The lowest BCUT2D eigenvalue weighted by Crippen LogP contribution is -2.57. The molecule has 80 valence electrons. The van der Waals surface area contributed by atoms with Crippen LogP contribution in [-0.4, -0.2) is 25.0 Å². The van der Waals surface area contributed by atoms with Gasteiger partial charge in [-0.05, 0) is 40.9 Å². The predicted octanol–water partition coefficient (Wildman–Crippen LogP) is 0.581. The van der Waals surface area contributed by atoms with Gasteiger partial charge < -0.3 is 10.6 Å². The van der Waals surface area contributed by atoms with E-state index in [0.717, 1.165) is 30.7 Å². The fourth-order valence-electron chi connectivity index (χ4n) is 2.49. The average molecular weight is 212 g/mol. The van der Waals surface area contributed by atoms with E-state index >= 15 is 0 Å². The Morgan fingerprint density at radius 2 is 2.19 bits per heavy atom. The van der Waals surface area contributed by atoms with Crippen LogP contribution in [0.5, 0.6) is 0 Å². The van der Waals surface area contributed by atoms with Crippen molar-refractivity contribution in [3.8, 4) is 0 Å². The number of hydrogen-bond acceptors (Lipinski definition) is 2. The Kier molecular flexibility index (Phi) is 1.46. The lowest BCUT2D eigenvalue weighted by molar-refractivity contribution is -0.118. The summed E-state index contributed by atoms with van der Waals surface area (Å²) < 4.78 is 0. The molecule has 0 spiro atoms. The number of fused-ring (bicyclic) bond motifs is 2. The van der Waals surface area contributed by atoms with Crippen LogP contribution in [0.15, 0.2) is 46.1 Å². The van der Waals surface area contributed by atoms with Crippen LogP contribution in [0, 0.1) is 0 Å². The van der Waals surface area contributed by atoms with Crippen molar-refractivity contribution < 1.29 is 4.79 Å². The van der Waals surface area contributed by atoms with E-state index in [2.05, 4.69) is 22.8 Å². The molecule has 3 nitrogen and oxygen atoms in total. The molecule has 0 unspecified atom stereocenters. The van der Waals surface area contributed by atoms with Gasteiger partial charge in [-0.3, -0.25) is 4.79 Å². The number of allylic oxidation sites excluding steroid dienone is 6. The van der Waals surface area contributed by atoms with Crippen molar-refractivity contribution in [1.29, 1.82) is 0 Å². The highest BCUT2D eigenvalue weighted by molar-refractivity contribution is 6.02. The summed E-state index contributed by atoms with van der Waals surface area (Å²) >= 11 is 0. The molecule has 4 rings (SSSR count). The Morgan fingerprint density at radius 3 is 2.94 bits per heavy atom. The average Bonchev–Trinajstić information content (AvgIpc) is 2.70. The first-order valence-corrected chi connectivity index (χ1v) is 5.71.